The molecule has 8 heteroatoms. The summed E-state index contributed by atoms with van der Waals surface area (Å²) >= 11 is 0. The molecule has 0 bridgehead atoms. The van der Waals surface area contributed by atoms with Crippen LogP contribution >= 0.6 is 24.0 Å². The maximum atomic E-state index is 11.6. The molecule has 0 radical (unpaired) electrons. The van der Waals surface area contributed by atoms with Crippen LogP contribution in [0.1, 0.15) is 31.9 Å². The van der Waals surface area contributed by atoms with E-state index < -0.39 is 10.0 Å². The fourth-order valence-corrected chi connectivity index (χ4v) is 2.65. The molecular weight excluding hydrogens is 439 g/mol. The van der Waals surface area contributed by atoms with E-state index in [-0.39, 0.29) is 29.7 Å². The Labute approximate surface area is 163 Å². The van der Waals surface area contributed by atoms with Gasteiger partial charge in [0.1, 0.15) is 0 Å². The molecule has 0 fully saturated rings. The minimum Gasteiger partial charge on any atom is -0.354 e. The molecule has 1 aromatic carbocycles. The number of halogens is 1. The first-order valence-electron chi connectivity index (χ1n) is 7.73. The summed E-state index contributed by atoms with van der Waals surface area (Å²) in [5.41, 5.74) is 1.77. The third-order valence-corrected chi connectivity index (χ3v) is 5.04. The molecule has 3 N–H and O–H groups in total. The van der Waals surface area contributed by atoms with Gasteiger partial charge in [-0.3, -0.25) is 4.99 Å². The molecule has 24 heavy (non-hydrogen) atoms. The van der Waals surface area contributed by atoms with Gasteiger partial charge < -0.3 is 10.6 Å². The Balaban J connectivity index is 0.00000529. The third-order valence-electron chi connectivity index (χ3n) is 3.71. The normalized spacial score (nSPS) is 13.3. The molecule has 0 aliphatic rings. The van der Waals surface area contributed by atoms with Crippen molar-refractivity contribution >= 4 is 40.0 Å². The van der Waals surface area contributed by atoms with E-state index in [1.807, 2.05) is 24.3 Å². The van der Waals surface area contributed by atoms with E-state index in [1.54, 1.807) is 7.05 Å². The molecule has 0 aliphatic heterocycles. The van der Waals surface area contributed by atoms with Gasteiger partial charge in [0, 0.05) is 19.6 Å². The Bertz CT molecular complexity index is 633. The molecule has 0 aliphatic carbocycles. The third kappa shape index (κ3) is 8.29. The quantitative estimate of drug-likeness (QED) is 0.325. The van der Waals surface area contributed by atoms with Gasteiger partial charge in [-0.15, -0.1) is 24.0 Å². The van der Waals surface area contributed by atoms with E-state index in [1.165, 1.54) is 7.05 Å². The lowest BCUT2D eigenvalue weighted by Crippen LogP contribution is -2.43. The number of aliphatic imine (C=N–C) groups is 1. The molecule has 0 amide bonds. The van der Waals surface area contributed by atoms with Crippen molar-refractivity contribution in [1.82, 2.24) is 15.4 Å². The number of hydrogen-bond acceptors (Lipinski definition) is 3. The van der Waals surface area contributed by atoms with Crippen LogP contribution in [0.15, 0.2) is 29.3 Å². The van der Waals surface area contributed by atoms with Crippen molar-refractivity contribution in [2.45, 2.75) is 39.1 Å². The van der Waals surface area contributed by atoms with Crippen molar-refractivity contribution in [3.63, 3.8) is 0 Å². The fraction of sp³-hybridized carbons (Fsp3) is 0.562. The molecule has 1 unspecified atom stereocenters. The van der Waals surface area contributed by atoms with Gasteiger partial charge in [0.25, 0.3) is 0 Å². The van der Waals surface area contributed by atoms with Crippen LogP contribution in [0.5, 0.6) is 0 Å². The summed E-state index contributed by atoms with van der Waals surface area (Å²) in [6, 6.07) is 7.84. The largest absolute Gasteiger partial charge is 0.354 e. The Hall–Kier alpha value is -0.870. The highest BCUT2D eigenvalue weighted by Gasteiger charge is 2.10. The van der Waals surface area contributed by atoms with E-state index >= 15 is 0 Å². The topological polar surface area (TPSA) is 82.6 Å². The molecule has 0 spiro atoms. The highest BCUT2D eigenvalue weighted by molar-refractivity contribution is 14.0. The number of nitrogens with zero attached hydrogens (tertiary/aromatic N) is 1. The molecule has 0 heterocycles. The van der Waals surface area contributed by atoms with Crippen molar-refractivity contribution in [3.8, 4) is 0 Å². The lowest BCUT2D eigenvalue weighted by Gasteiger charge is -2.20. The number of nitrogens with one attached hydrogen (secondary N) is 3. The highest BCUT2D eigenvalue weighted by Crippen LogP contribution is 2.08. The van der Waals surface area contributed by atoms with Crippen molar-refractivity contribution in [1.29, 1.82) is 0 Å². The Morgan fingerprint density at radius 3 is 2.38 bits per heavy atom. The molecule has 0 aromatic heterocycles. The van der Waals surface area contributed by atoms with Gasteiger partial charge in [-0.1, -0.05) is 38.1 Å². The number of sulfonamides is 1. The predicted molar refractivity (Wildman–Crippen MR) is 111 cm³/mol. The van der Waals surface area contributed by atoms with Crippen LogP contribution in [0.25, 0.3) is 0 Å². The SMILES string of the molecule is CN=C(NCc1cccc(CS(=O)(=O)NC)c1)NC(C)C(C)C.I. The molecule has 0 saturated carbocycles. The lowest BCUT2D eigenvalue weighted by molar-refractivity contribution is 0.481. The summed E-state index contributed by atoms with van der Waals surface area (Å²) in [5.74, 6) is 1.22. The minimum absolute atomic E-state index is 0. The molecular formula is C16H29IN4O2S. The second kappa shape index (κ2) is 10.9. The van der Waals surface area contributed by atoms with E-state index in [2.05, 4.69) is 41.1 Å². The van der Waals surface area contributed by atoms with Crippen molar-refractivity contribution in [3.05, 3.63) is 35.4 Å². The van der Waals surface area contributed by atoms with Crippen molar-refractivity contribution in [2.24, 2.45) is 10.9 Å². The average molecular weight is 468 g/mol. The second-order valence-electron chi connectivity index (χ2n) is 5.89. The van der Waals surface area contributed by atoms with Crippen LogP contribution in [-0.4, -0.2) is 34.5 Å². The Kier molecular flexibility index (Phi) is 10.5. The molecule has 1 aromatic rings. The van der Waals surface area contributed by atoms with Gasteiger partial charge in [0.2, 0.25) is 10.0 Å². The molecule has 138 valence electrons. The van der Waals surface area contributed by atoms with Gasteiger partial charge in [0.15, 0.2) is 5.96 Å². The zero-order valence-corrected chi connectivity index (χ0v) is 18.1. The van der Waals surface area contributed by atoms with Gasteiger partial charge in [0.05, 0.1) is 5.75 Å². The lowest BCUT2D eigenvalue weighted by atomic mass is 10.1. The van der Waals surface area contributed by atoms with E-state index in [0.717, 1.165) is 17.1 Å². The van der Waals surface area contributed by atoms with Gasteiger partial charge in [-0.05, 0) is 31.0 Å². The first kappa shape index (κ1) is 23.1. The summed E-state index contributed by atoms with van der Waals surface area (Å²) < 4.78 is 25.6. The summed E-state index contributed by atoms with van der Waals surface area (Å²) in [6.07, 6.45) is 0. The van der Waals surface area contributed by atoms with E-state index in [0.29, 0.717) is 18.5 Å². The number of hydrogen-bond donors (Lipinski definition) is 3. The molecule has 0 saturated heterocycles. The first-order chi connectivity index (χ1) is 10.8. The van der Waals surface area contributed by atoms with Crippen LogP contribution in [0, 0.1) is 5.92 Å². The minimum atomic E-state index is -3.26. The maximum absolute atomic E-state index is 11.6. The van der Waals surface area contributed by atoms with Crippen LogP contribution in [0.2, 0.25) is 0 Å². The predicted octanol–water partition coefficient (Wildman–Crippen LogP) is 2.06. The standard InChI is InChI=1S/C16H28N4O2S.HI/c1-12(2)13(3)20-16(17-4)19-10-14-7-6-8-15(9-14)11-23(21,22)18-5;/h6-9,12-13,18H,10-11H2,1-5H3,(H2,17,19,20);1H. The van der Waals surface area contributed by atoms with Gasteiger partial charge in [-0.2, -0.15) is 0 Å². The van der Waals surface area contributed by atoms with Crippen molar-refractivity contribution in [2.75, 3.05) is 14.1 Å². The van der Waals surface area contributed by atoms with Gasteiger partial charge >= 0.3 is 0 Å². The summed E-state index contributed by atoms with van der Waals surface area (Å²) in [7, 11) is -0.0998. The zero-order chi connectivity index (χ0) is 17.5. The van der Waals surface area contributed by atoms with E-state index in [4.69, 9.17) is 0 Å². The zero-order valence-electron chi connectivity index (χ0n) is 15.0. The maximum Gasteiger partial charge on any atom is 0.215 e. The Morgan fingerprint density at radius 1 is 1.21 bits per heavy atom. The number of rotatable bonds is 7. The summed E-state index contributed by atoms with van der Waals surface area (Å²) in [5, 5.41) is 6.58. The Morgan fingerprint density at radius 2 is 1.83 bits per heavy atom. The highest BCUT2D eigenvalue weighted by atomic mass is 127. The van der Waals surface area contributed by atoms with Crippen LogP contribution in [-0.2, 0) is 22.3 Å². The second-order valence-corrected chi connectivity index (χ2v) is 7.81. The first-order valence-corrected chi connectivity index (χ1v) is 9.39. The fourth-order valence-electron chi connectivity index (χ4n) is 1.88. The smallest absolute Gasteiger partial charge is 0.215 e. The van der Waals surface area contributed by atoms with Crippen molar-refractivity contribution < 1.29 is 8.42 Å². The van der Waals surface area contributed by atoms with Crippen LogP contribution < -0.4 is 15.4 Å². The average Bonchev–Trinajstić information content (AvgIpc) is 2.51. The van der Waals surface area contributed by atoms with Crippen LogP contribution in [0.3, 0.4) is 0 Å². The molecule has 1 atom stereocenters. The molecule has 1 rings (SSSR count). The molecule has 6 nitrogen and oxygen atoms in total. The van der Waals surface area contributed by atoms with Gasteiger partial charge in [-0.25, -0.2) is 13.1 Å². The summed E-state index contributed by atoms with van der Waals surface area (Å²) in [4.78, 5) is 4.21. The summed E-state index contributed by atoms with van der Waals surface area (Å²) in [6.45, 7) is 6.99. The van der Waals surface area contributed by atoms with E-state index in [9.17, 15) is 8.42 Å². The number of guanidine groups is 1. The number of benzene rings is 1. The monoisotopic (exact) mass is 468 g/mol. The van der Waals surface area contributed by atoms with Crippen LogP contribution in [0.4, 0.5) is 0 Å².